The smallest absolute Gasteiger partial charge is 0.151 e. The molecule has 41 heavy (non-hydrogen) atoms. The normalized spacial score (nSPS) is 17.1. The predicted octanol–water partition coefficient (Wildman–Crippen LogP) is 10.2. The van der Waals surface area contributed by atoms with Crippen LogP contribution in [-0.4, -0.2) is 6.10 Å². The predicted molar refractivity (Wildman–Crippen MR) is 170 cm³/mol. The van der Waals surface area contributed by atoms with E-state index in [-0.39, 0.29) is 11.5 Å². The molecule has 5 aromatic rings. The Balaban J connectivity index is 1.31. The Labute approximate surface area is 241 Å². The van der Waals surface area contributed by atoms with E-state index in [2.05, 4.69) is 152 Å². The highest BCUT2D eigenvalue weighted by Crippen LogP contribution is 2.53. The van der Waals surface area contributed by atoms with Crippen molar-refractivity contribution >= 4 is 22.6 Å². The minimum atomic E-state index is -0.0289. The van der Waals surface area contributed by atoms with E-state index in [1.807, 2.05) is 0 Å². The van der Waals surface area contributed by atoms with Crippen molar-refractivity contribution in [3.05, 3.63) is 150 Å². The van der Waals surface area contributed by atoms with Gasteiger partial charge in [0.1, 0.15) is 6.10 Å². The van der Waals surface area contributed by atoms with Crippen LogP contribution in [0.15, 0.2) is 133 Å². The molecule has 0 fully saturated rings. The summed E-state index contributed by atoms with van der Waals surface area (Å²) in [5.41, 5.74) is 13.5. The largest absolute Gasteiger partial charge is 0.483 e. The molecular weight excluding hydrogens is 498 g/mol. The quantitative estimate of drug-likeness (QED) is 0.230. The number of allylic oxidation sites excluding steroid dienone is 2. The molecule has 8 rings (SSSR count). The van der Waals surface area contributed by atoms with Crippen LogP contribution in [0.5, 0.6) is 5.75 Å². The second kappa shape index (κ2) is 9.11. The van der Waals surface area contributed by atoms with Gasteiger partial charge in [0.15, 0.2) is 5.75 Å². The maximum Gasteiger partial charge on any atom is 0.151 e. The van der Waals surface area contributed by atoms with Crippen molar-refractivity contribution in [2.24, 2.45) is 0 Å². The average molecular weight is 530 g/mol. The third-order valence-electron chi connectivity index (χ3n) is 8.97. The number of nitrogens with zero attached hydrogens (tertiary/aromatic N) is 1. The molecule has 0 N–H and O–H groups in total. The Morgan fingerprint density at radius 2 is 1.37 bits per heavy atom. The van der Waals surface area contributed by atoms with Crippen LogP contribution in [0, 0.1) is 0 Å². The van der Waals surface area contributed by atoms with Gasteiger partial charge >= 0.3 is 0 Å². The minimum Gasteiger partial charge on any atom is -0.483 e. The van der Waals surface area contributed by atoms with E-state index in [9.17, 15) is 0 Å². The summed E-state index contributed by atoms with van der Waals surface area (Å²) in [6.07, 6.45) is 7.52. The van der Waals surface area contributed by atoms with Gasteiger partial charge in [-0.25, -0.2) is 0 Å². The van der Waals surface area contributed by atoms with E-state index >= 15 is 0 Å². The third kappa shape index (κ3) is 3.71. The maximum atomic E-state index is 6.68. The monoisotopic (exact) mass is 529 g/mol. The van der Waals surface area contributed by atoms with Crippen LogP contribution >= 0.6 is 0 Å². The van der Waals surface area contributed by atoms with E-state index < -0.39 is 0 Å². The molecule has 0 aromatic heterocycles. The lowest BCUT2D eigenvalue weighted by atomic mass is 9.82. The summed E-state index contributed by atoms with van der Waals surface area (Å²) < 4.78 is 6.68. The summed E-state index contributed by atoms with van der Waals surface area (Å²) in [5.74, 6) is 0.959. The van der Waals surface area contributed by atoms with Gasteiger partial charge in [0.05, 0.1) is 5.69 Å². The maximum absolute atomic E-state index is 6.68. The number of anilines is 3. The fourth-order valence-electron chi connectivity index (χ4n) is 6.89. The second-order valence-electron chi connectivity index (χ2n) is 11.7. The van der Waals surface area contributed by atoms with Crippen molar-refractivity contribution in [2.75, 3.05) is 4.90 Å². The van der Waals surface area contributed by atoms with Crippen LogP contribution in [0.25, 0.3) is 27.8 Å². The molecule has 0 radical (unpaired) electrons. The zero-order valence-electron chi connectivity index (χ0n) is 23.3. The third-order valence-corrected chi connectivity index (χ3v) is 8.97. The summed E-state index contributed by atoms with van der Waals surface area (Å²) in [7, 11) is 0. The summed E-state index contributed by atoms with van der Waals surface area (Å²) in [5, 5.41) is 0. The summed E-state index contributed by atoms with van der Waals surface area (Å²) in [4.78, 5) is 2.37. The lowest BCUT2D eigenvalue weighted by Gasteiger charge is -2.28. The van der Waals surface area contributed by atoms with Crippen molar-refractivity contribution in [2.45, 2.75) is 31.8 Å². The number of rotatable bonds is 4. The summed E-state index contributed by atoms with van der Waals surface area (Å²) in [6.45, 7) is 4.66. The van der Waals surface area contributed by atoms with Gasteiger partial charge in [-0.05, 0) is 63.7 Å². The number of hydrogen-bond acceptors (Lipinski definition) is 2. The molecule has 2 heteroatoms. The van der Waals surface area contributed by atoms with Crippen molar-refractivity contribution in [1.82, 2.24) is 0 Å². The molecular formula is C39H31NO. The molecule has 1 aliphatic heterocycles. The molecule has 0 spiro atoms. The number of fused-ring (bicyclic) bond motifs is 6. The SMILES string of the molecule is CC1(C)c2ccccc2-c2cc(N(c3ccc(-c4ccccc4)cc3)c3cccc4c3OC3CC=CC=C43)ccc21. The van der Waals surface area contributed by atoms with Gasteiger partial charge in [0.2, 0.25) is 0 Å². The van der Waals surface area contributed by atoms with E-state index in [4.69, 9.17) is 4.74 Å². The standard InChI is InChI=1S/C39H31NO/c1-39(2)34-16-8-6-13-30(34)33-25-29(23-24-35(33)39)40(28-21-19-27(20-22-28)26-11-4-3-5-12-26)36-17-10-15-32-31-14-7-9-18-37(31)41-38(32)36/h3-17,19-25,37H,18H2,1-2H3. The Morgan fingerprint density at radius 3 is 2.22 bits per heavy atom. The highest BCUT2D eigenvalue weighted by atomic mass is 16.5. The van der Waals surface area contributed by atoms with Gasteiger partial charge < -0.3 is 9.64 Å². The molecule has 5 aromatic carbocycles. The van der Waals surface area contributed by atoms with Crippen molar-refractivity contribution in [3.63, 3.8) is 0 Å². The Hall–Kier alpha value is -4.82. The van der Waals surface area contributed by atoms with Crippen molar-refractivity contribution in [1.29, 1.82) is 0 Å². The Kier molecular flexibility index (Phi) is 5.33. The molecule has 3 aliphatic rings. The fourth-order valence-corrected chi connectivity index (χ4v) is 6.89. The lowest BCUT2D eigenvalue weighted by molar-refractivity contribution is 0.280. The second-order valence-corrected chi connectivity index (χ2v) is 11.7. The highest BCUT2D eigenvalue weighted by Gasteiger charge is 2.36. The molecule has 0 bridgehead atoms. The van der Waals surface area contributed by atoms with Gasteiger partial charge in [-0.3, -0.25) is 0 Å². The molecule has 2 aliphatic carbocycles. The van der Waals surface area contributed by atoms with E-state index in [1.165, 1.54) is 44.5 Å². The van der Waals surface area contributed by atoms with Crippen LogP contribution in [0.1, 0.15) is 37.0 Å². The zero-order chi connectivity index (χ0) is 27.6. The first-order chi connectivity index (χ1) is 20.1. The summed E-state index contributed by atoms with van der Waals surface area (Å²) >= 11 is 0. The molecule has 2 nitrogen and oxygen atoms in total. The lowest BCUT2D eigenvalue weighted by Crippen LogP contribution is -2.16. The van der Waals surface area contributed by atoms with E-state index in [0.717, 1.165) is 29.2 Å². The molecule has 1 atom stereocenters. The number of hydrogen-bond donors (Lipinski definition) is 0. The van der Waals surface area contributed by atoms with E-state index in [0.29, 0.717) is 0 Å². The average Bonchev–Trinajstić information content (AvgIpc) is 3.51. The number of benzene rings is 5. The van der Waals surface area contributed by atoms with Gasteiger partial charge in [0.25, 0.3) is 0 Å². The molecule has 0 saturated heterocycles. The Bertz CT molecular complexity index is 1860. The first-order valence-electron chi connectivity index (χ1n) is 14.5. The minimum absolute atomic E-state index is 0.0289. The van der Waals surface area contributed by atoms with Crippen molar-refractivity contribution < 1.29 is 4.74 Å². The summed E-state index contributed by atoms with van der Waals surface area (Å²) in [6, 6.07) is 41.8. The molecule has 1 unspecified atom stereocenters. The Morgan fingerprint density at radius 1 is 0.659 bits per heavy atom. The molecule has 198 valence electrons. The highest BCUT2D eigenvalue weighted by molar-refractivity contribution is 5.91. The molecule has 0 amide bonds. The van der Waals surface area contributed by atoms with E-state index in [1.54, 1.807) is 0 Å². The van der Waals surface area contributed by atoms with Gasteiger partial charge in [-0.2, -0.15) is 0 Å². The van der Waals surface area contributed by atoms with Gasteiger partial charge in [0, 0.05) is 34.3 Å². The van der Waals surface area contributed by atoms with Crippen molar-refractivity contribution in [3.8, 4) is 28.0 Å². The molecule has 0 saturated carbocycles. The van der Waals surface area contributed by atoms with Crippen LogP contribution in [0.4, 0.5) is 17.1 Å². The first-order valence-corrected chi connectivity index (χ1v) is 14.5. The van der Waals surface area contributed by atoms with Crippen LogP contribution in [-0.2, 0) is 5.41 Å². The van der Waals surface area contributed by atoms with Gasteiger partial charge in [-0.15, -0.1) is 0 Å². The topological polar surface area (TPSA) is 12.5 Å². The number of ether oxygens (including phenoxy) is 1. The molecule has 1 heterocycles. The fraction of sp³-hybridized carbons (Fsp3) is 0.128. The number of para-hydroxylation sites is 1. The zero-order valence-corrected chi connectivity index (χ0v) is 23.3. The van der Waals surface area contributed by atoms with Gasteiger partial charge in [-0.1, -0.05) is 117 Å². The van der Waals surface area contributed by atoms with Crippen LogP contribution in [0.3, 0.4) is 0 Å². The van der Waals surface area contributed by atoms with Crippen LogP contribution < -0.4 is 9.64 Å². The first kappa shape index (κ1) is 24.0. The van der Waals surface area contributed by atoms with Crippen LogP contribution in [0.2, 0.25) is 0 Å².